The molecule has 1 heterocycles. The van der Waals surface area contributed by atoms with E-state index < -0.39 is 11.7 Å². The molecule has 100 valence electrons. The standard InChI is InChI=1S/C14H13F3N2/c1-10-5-13(9-18-7-10)19-8-11-3-2-4-12(6-11)14(15,16)17/h2-7,9,19H,8H2,1H3. The molecule has 2 nitrogen and oxygen atoms in total. The summed E-state index contributed by atoms with van der Waals surface area (Å²) in [6.45, 7) is 2.23. The van der Waals surface area contributed by atoms with Crippen LogP contribution in [0.25, 0.3) is 0 Å². The summed E-state index contributed by atoms with van der Waals surface area (Å²) >= 11 is 0. The van der Waals surface area contributed by atoms with Crippen LogP contribution in [0.3, 0.4) is 0 Å². The predicted molar refractivity (Wildman–Crippen MR) is 67.7 cm³/mol. The van der Waals surface area contributed by atoms with Gasteiger partial charge in [0.1, 0.15) is 0 Å². The normalized spacial score (nSPS) is 11.4. The van der Waals surface area contributed by atoms with Gasteiger partial charge in [-0.15, -0.1) is 0 Å². The zero-order valence-corrected chi connectivity index (χ0v) is 10.3. The van der Waals surface area contributed by atoms with E-state index in [1.165, 1.54) is 6.07 Å². The summed E-state index contributed by atoms with van der Waals surface area (Å²) in [7, 11) is 0. The minimum Gasteiger partial charge on any atom is -0.380 e. The van der Waals surface area contributed by atoms with Gasteiger partial charge < -0.3 is 5.32 Å². The fourth-order valence-electron chi connectivity index (χ4n) is 1.71. The van der Waals surface area contributed by atoms with Crippen molar-refractivity contribution in [3.05, 3.63) is 59.4 Å². The van der Waals surface area contributed by atoms with Crippen molar-refractivity contribution >= 4 is 5.69 Å². The maximum atomic E-state index is 12.6. The molecule has 1 aromatic heterocycles. The maximum absolute atomic E-state index is 12.6. The lowest BCUT2D eigenvalue weighted by molar-refractivity contribution is -0.137. The van der Waals surface area contributed by atoms with Gasteiger partial charge in [-0.3, -0.25) is 4.98 Å². The first-order chi connectivity index (χ1) is 8.95. The molecule has 0 bridgehead atoms. The van der Waals surface area contributed by atoms with Crippen molar-refractivity contribution in [2.75, 3.05) is 5.32 Å². The highest BCUT2D eigenvalue weighted by atomic mass is 19.4. The second-order valence-electron chi connectivity index (χ2n) is 4.30. The quantitative estimate of drug-likeness (QED) is 0.907. The molecule has 0 atom stereocenters. The Kier molecular flexibility index (Phi) is 3.74. The van der Waals surface area contributed by atoms with Gasteiger partial charge in [0, 0.05) is 18.9 Å². The molecule has 1 aromatic carbocycles. The highest BCUT2D eigenvalue weighted by Gasteiger charge is 2.30. The molecule has 1 N–H and O–H groups in total. The Morgan fingerprint density at radius 2 is 1.95 bits per heavy atom. The first kappa shape index (κ1) is 13.4. The predicted octanol–water partition coefficient (Wildman–Crippen LogP) is 4.02. The topological polar surface area (TPSA) is 24.9 Å². The molecular weight excluding hydrogens is 253 g/mol. The zero-order chi connectivity index (χ0) is 13.9. The van der Waals surface area contributed by atoms with Gasteiger partial charge >= 0.3 is 6.18 Å². The number of aryl methyl sites for hydroxylation is 1. The molecule has 0 aliphatic rings. The van der Waals surface area contributed by atoms with Gasteiger partial charge in [-0.1, -0.05) is 12.1 Å². The number of halogens is 3. The fraction of sp³-hybridized carbons (Fsp3) is 0.214. The van der Waals surface area contributed by atoms with E-state index in [-0.39, 0.29) is 0 Å². The lowest BCUT2D eigenvalue weighted by atomic mass is 10.1. The van der Waals surface area contributed by atoms with Crippen LogP contribution in [-0.4, -0.2) is 4.98 Å². The third-order valence-corrected chi connectivity index (χ3v) is 2.63. The number of hydrogen-bond acceptors (Lipinski definition) is 2. The molecule has 0 aliphatic carbocycles. The Bertz CT molecular complexity index is 565. The average molecular weight is 266 g/mol. The SMILES string of the molecule is Cc1cncc(NCc2cccc(C(F)(F)F)c2)c1. The van der Waals surface area contributed by atoms with Crippen LogP contribution in [0.5, 0.6) is 0 Å². The lowest BCUT2D eigenvalue weighted by Crippen LogP contribution is -2.07. The minimum atomic E-state index is -4.30. The monoisotopic (exact) mass is 266 g/mol. The number of nitrogens with zero attached hydrogens (tertiary/aromatic N) is 1. The lowest BCUT2D eigenvalue weighted by Gasteiger charge is -2.10. The summed E-state index contributed by atoms with van der Waals surface area (Å²) in [5, 5.41) is 3.05. The van der Waals surface area contributed by atoms with Crippen molar-refractivity contribution in [3.8, 4) is 0 Å². The van der Waals surface area contributed by atoms with Gasteiger partial charge in [0.2, 0.25) is 0 Å². The van der Waals surface area contributed by atoms with E-state index in [1.54, 1.807) is 18.5 Å². The smallest absolute Gasteiger partial charge is 0.380 e. The molecular formula is C14H13F3N2. The molecule has 19 heavy (non-hydrogen) atoms. The van der Waals surface area contributed by atoms with Crippen LogP contribution >= 0.6 is 0 Å². The van der Waals surface area contributed by atoms with Crippen LogP contribution in [0, 0.1) is 6.92 Å². The Labute approximate surface area is 109 Å². The third-order valence-electron chi connectivity index (χ3n) is 2.63. The molecule has 0 aliphatic heterocycles. The first-order valence-corrected chi connectivity index (χ1v) is 5.77. The average Bonchev–Trinajstić information content (AvgIpc) is 2.36. The van der Waals surface area contributed by atoms with E-state index in [0.717, 1.165) is 23.4 Å². The van der Waals surface area contributed by atoms with E-state index >= 15 is 0 Å². The van der Waals surface area contributed by atoms with Crippen molar-refractivity contribution in [2.24, 2.45) is 0 Å². The van der Waals surface area contributed by atoms with E-state index in [1.807, 2.05) is 13.0 Å². The van der Waals surface area contributed by atoms with Crippen LogP contribution in [0.1, 0.15) is 16.7 Å². The van der Waals surface area contributed by atoms with Crippen molar-refractivity contribution in [2.45, 2.75) is 19.6 Å². The number of benzene rings is 1. The Morgan fingerprint density at radius 3 is 2.63 bits per heavy atom. The van der Waals surface area contributed by atoms with Crippen molar-refractivity contribution < 1.29 is 13.2 Å². The Balaban J connectivity index is 2.08. The maximum Gasteiger partial charge on any atom is 0.416 e. The number of pyridine rings is 1. The van der Waals surface area contributed by atoms with Gasteiger partial charge in [0.25, 0.3) is 0 Å². The molecule has 2 aromatic rings. The molecule has 0 spiro atoms. The van der Waals surface area contributed by atoms with E-state index in [0.29, 0.717) is 12.1 Å². The highest BCUT2D eigenvalue weighted by Crippen LogP contribution is 2.29. The number of anilines is 1. The van der Waals surface area contributed by atoms with Crippen molar-refractivity contribution in [1.29, 1.82) is 0 Å². The molecule has 2 rings (SSSR count). The van der Waals surface area contributed by atoms with Gasteiger partial charge in [0.05, 0.1) is 11.3 Å². The van der Waals surface area contributed by atoms with Crippen molar-refractivity contribution in [3.63, 3.8) is 0 Å². The summed E-state index contributed by atoms with van der Waals surface area (Å²) in [6, 6.07) is 7.17. The van der Waals surface area contributed by atoms with Crippen molar-refractivity contribution in [1.82, 2.24) is 4.98 Å². The van der Waals surface area contributed by atoms with Gasteiger partial charge in [0.15, 0.2) is 0 Å². The van der Waals surface area contributed by atoms with Crippen LogP contribution in [0.15, 0.2) is 42.7 Å². The van der Waals surface area contributed by atoms with Crippen LogP contribution in [-0.2, 0) is 12.7 Å². The van der Waals surface area contributed by atoms with E-state index in [4.69, 9.17) is 0 Å². The second-order valence-corrected chi connectivity index (χ2v) is 4.30. The number of rotatable bonds is 3. The number of aromatic nitrogens is 1. The molecule has 0 amide bonds. The summed E-state index contributed by atoms with van der Waals surface area (Å²) in [5.74, 6) is 0. The Morgan fingerprint density at radius 1 is 1.16 bits per heavy atom. The van der Waals surface area contributed by atoms with Crippen LogP contribution in [0.2, 0.25) is 0 Å². The molecule has 0 saturated carbocycles. The van der Waals surface area contributed by atoms with Crippen LogP contribution in [0.4, 0.5) is 18.9 Å². The minimum absolute atomic E-state index is 0.328. The number of hydrogen-bond donors (Lipinski definition) is 1. The first-order valence-electron chi connectivity index (χ1n) is 5.77. The number of nitrogens with one attached hydrogen (secondary N) is 1. The zero-order valence-electron chi connectivity index (χ0n) is 10.3. The molecule has 0 radical (unpaired) electrons. The fourth-order valence-corrected chi connectivity index (χ4v) is 1.71. The summed E-state index contributed by atoms with van der Waals surface area (Å²) in [6.07, 6.45) is -0.947. The van der Waals surface area contributed by atoms with Gasteiger partial charge in [-0.2, -0.15) is 13.2 Å². The summed E-state index contributed by atoms with van der Waals surface area (Å²) < 4.78 is 37.7. The number of alkyl halides is 3. The Hall–Kier alpha value is -2.04. The van der Waals surface area contributed by atoms with Gasteiger partial charge in [-0.05, 0) is 36.2 Å². The summed E-state index contributed by atoms with van der Waals surface area (Å²) in [4.78, 5) is 4.01. The highest BCUT2D eigenvalue weighted by molar-refractivity contribution is 5.43. The van der Waals surface area contributed by atoms with Crippen LogP contribution < -0.4 is 5.32 Å². The molecule has 0 fully saturated rings. The molecule has 5 heteroatoms. The van der Waals surface area contributed by atoms with E-state index in [2.05, 4.69) is 10.3 Å². The molecule has 0 saturated heterocycles. The molecule has 0 unspecified atom stereocenters. The largest absolute Gasteiger partial charge is 0.416 e. The third kappa shape index (κ3) is 3.71. The second kappa shape index (κ2) is 5.30. The van der Waals surface area contributed by atoms with E-state index in [9.17, 15) is 13.2 Å². The van der Waals surface area contributed by atoms with Gasteiger partial charge in [-0.25, -0.2) is 0 Å². The summed E-state index contributed by atoms with van der Waals surface area (Å²) in [5.41, 5.74) is 1.73.